The molecule has 1 N–H and O–H groups in total. The van der Waals surface area contributed by atoms with E-state index in [-0.39, 0.29) is 24.8 Å². The summed E-state index contributed by atoms with van der Waals surface area (Å²) in [6.07, 6.45) is 2.21. The van der Waals surface area contributed by atoms with Crippen LogP contribution >= 0.6 is 0 Å². The van der Waals surface area contributed by atoms with Gasteiger partial charge in [0.15, 0.2) is 0 Å². The van der Waals surface area contributed by atoms with Gasteiger partial charge in [0.25, 0.3) is 5.91 Å². The predicted octanol–water partition coefficient (Wildman–Crippen LogP) is 2.66. The highest BCUT2D eigenvalue weighted by Crippen LogP contribution is 2.26. The van der Waals surface area contributed by atoms with Crippen molar-refractivity contribution >= 4 is 17.5 Å². The van der Waals surface area contributed by atoms with E-state index in [0.717, 1.165) is 25.1 Å². The number of hydrogen-bond donors (Lipinski definition) is 1. The van der Waals surface area contributed by atoms with E-state index in [0.29, 0.717) is 11.1 Å². The molecule has 2 aromatic carbocycles. The van der Waals surface area contributed by atoms with Gasteiger partial charge in [-0.25, -0.2) is 0 Å². The zero-order valence-corrected chi connectivity index (χ0v) is 13.9. The first-order valence-electron chi connectivity index (χ1n) is 8.35. The van der Waals surface area contributed by atoms with E-state index in [2.05, 4.69) is 11.4 Å². The topological polar surface area (TPSA) is 73.2 Å². The van der Waals surface area contributed by atoms with Crippen LogP contribution < -0.4 is 10.2 Å². The van der Waals surface area contributed by atoms with E-state index in [4.69, 9.17) is 5.26 Å². The van der Waals surface area contributed by atoms with Crippen LogP contribution in [-0.2, 0) is 11.2 Å². The summed E-state index contributed by atoms with van der Waals surface area (Å²) in [6, 6.07) is 16.4. The molecule has 0 saturated heterocycles. The Morgan fingerprint density at radius 3 is 2.64 bits per heavy atom. The van der Waals surface area contributed by atoms with Gasteiger partial charge in [-0.2, -0.15) is 5.26 Å². The minimum Gasteiger partial charge on any atom is -0.352 e. The Labute approximate surface area is 146 Å². The molecule has 5 heteroatoms. The third-order valence-electron chi connectivity index (χ3n) is 4.31. The maximum absolute atomic E-state index is 12.5. The third-order valence-corrected chi connectivity index (χ3v) is 4.31. The predicted molar refractivity (Wildman–Crippen MR) is 95.2 cm³/mol. The highest BCUT2D eigenvalue weighted by atomic mass is 16.2. The first-order valence-corrected chi connectivity index (χ1v) is 8.35. The fraction of sp³-hybridized carbons (Fsp3) is 0.250. The first kappa shape index (κ1) is 16.7. The smallest absolute Gasteiger partial charge is 0.251 e. The lowest BCUT2D eigenvalue weighted by atomic mass is 10.0. The molecule has 1 aliphatic rings. The minimum absolute atomic E-state index is 0.0206. The van der Waals surface area contributed by atoms with E-state index in [1.807, 2.05) is 29.2 Å². The number of benzene rings is 2. The Balaban J connectivity index is 1.54. The van der Waals surface area contributed by atoms with Crippen LogP contribution in [0.5, 0.6) is 0 Å². The van der Waals surface area contributed by atoms with E-state index >= 15 is 0 Å². The average Bonchev–Trinajstić information content (AvgIpc) is 2.67. The van der Waals surface area contributed by atoms with Crippen molar-refractivity contribution in [3.63, 3.8) is 0 Å². The van der Waals surface area contributed by atoms with Crippen molar-refractivity contribution in [3.8, 4) is 6.07 Å². The van der Waals surface area contributed by atoms with E-state index in [9.17, 15) is 9.59 Å². The van der Waals surface area contributed by atoms with Crippen molar-refractivity contribution in [1.29, 1.82) is 5.26 Å². The quantitative estimate of drug-likeness (QED) is 0.935. The zero-order valence-electron chi connectivity index (χ0n) is 13.9. The number of anilines is 1. The summed E-state index contributed by atoms with van der Waals surface area (Å²) >= 11 is 0. The second kappa shape index (κ2) is 7.63. The van der Waals surface area contributed by atoms with Gasteiger partial charge in [-0.15, -0.1) is 0 Å². The van der Waals surface area contributed by atoms with Crippen LogP contribution in [0.25, 0.3) is 0 Å². The summed E-state index contributed by atoms with van der Waals surface area (Å²) in [4.78, 5) is 26.4. The zero-order chi connectivity index (χ0) is 17.6. The van der Waals surface area contributed by atoms with Crippen LogP contribution in [0.3, 0.4) is 0 Å². The molecule has 5 nitrogen and oxygen atoms in total. The number of hydrogen-bond acceptors (Lipinski definition) is 3. The Bertz CT molecular complexity index is 822. The molecule has 1 aliphatic heterocycles. The SMILES string of the molecule is N#Cc1ccc(C(=O)NCCC(=O)N2CCCc3ccccc32)cc1. The number of nitrogens with one attached hydrogen (secondary N) is 1. The molecule has 25 heavy (non-hydrogen) atoms. The number of para-hydroxylation sites is 1. The van der Waals surface area contributed by atoms with Gasteiger partial charge in [0, 0.05) is 30.8 Å². The number of fused-ring (bicyclic) bond motifs is 1. The molecule has 0 spiro atoms. The summed E-state index contributed by atoms with van der Waals surface area (Å²) in [5.74, 6) is -0.219. The third kappa shape index (κ3) is 3.86. The number of nitrogens with zero attached hydrogens (tertiary/aromatic N) is 2. The Hall–Kier alpha value is -3.13. The molecule has 0 aromatic heterocycles. The van der Waals surface area contributed by atoms with Gasteiger partial charge in [0.2, 0.25) is 5.91 Å². The van der Waals surface area contributed by atoms with E-state index in [1.54, 1.807) is 24.3 Å². The van der Waals surface area contributed by atoms with Gasteiger partial charge in [0.1, 0.15) is 0 Å². The maximum atomic E-state index is 12.5. The molecule has 0 unspecified atom stereocenters. The standard InChI is InChI=1S/C20H19N3O2/c21-14-15-7-9-17(10-8-15)20(25)22-12-11-19(24)23-13-3-5-16-4-1-2-6-18(16)23/h1-2,4,6-10H,3,5,11-13H2,(H,22,25). The highest BCUT2D eigenvalue weighted by Gasteiger charge is 2.21. The highest BCUT2D eigenvalue weighted by molar-refractivity contribution is 5.96. The Kier molecular flexibility index (Phi) is 5.10. The normalized spacial score (nSPS) is 12.8. The van der Waals surface area contributed by atoms with Crippen molar-refractivity contribution in [2.45, 2.75) is 19.3 Å². The number of amides is 2. The average molecular weight is 333 g/mol. The van der Waals surface area contributed by atoms with Crippen LogP contribution in [-0.4, -0.2) is 24.9 Å². The molecule has 0 bridgehead atoms. The fourth-order valence-corrected chi connectivity index (χ4v) is 3.01. The molecular weight excluding hydrogens is 314 g/mol. The monoisotopic (exact) mass is 333 g/mol. The number of carbonyl (C=O) groups is 2. The summed E-state index contributed by atoms with van der Waals surface area (Å²) in [6.45, 7) is 1.01. The second-order valence-corrected chi connectivity index (χ2v) is 5.97. The molecule has 0 fully saturated rings. The van der Waals surface area contributed by atoms with Gasteiger partial charge in [0.05, 0.1) is 11.6 Å². The van der Waals surface area contributed by atoms with Gasteiger partial charge in [-0.3, -0.25) is 9.59 Å². The molecule has 2 amide bonds. The summed E-state index contributed by atoms with van der Waals surface area (Å²) in [7, 11) is 0. The van der Waals surface area contributed by atoms with Crippen molar-refractivity contribution in [3.05, 3.63) is 65.2 Å². The Morgan fingerprint density at radius 2 is 1.88 bits per heavy atom. The number of rotatable bonds is 4. The van der Waals surface area contributed by atoms with Crippen molar-refractivity contribution < 1.29 is 9.59 Å². The summed E-state index contributed by atoms with van der Waals surface area (Å²) in [5, 5.41) is 11.5. The lowest BCUT2D eigenvalue weighted by Crippen LogP contribution is -2.37. The van der Waals surface area contributed by atoms with Gasteiger partial charge in [-0.05, 0) is 48.7 Å². The van der Waals surface area contributed by atoms with Gasteiger partial charge < -0.3 is 10.2 Å². The van der Waals surface area contributed by atoms with Crippen LogP contribution in [0.1, 0.15) is 34.3 Å². The maximum Gasteiger partial charge on any atom is 0.251 e. The fourth-order valence-electron chi connectivity index (χ4n) is 3.01. The lowest BCUT2D eigenvalue weighted by molar-refractivity contribution is -0.118. The molecule has 0 saturated carbocycles. The Morgan fingerprint density at radius 1 is 1.12 bits per heavy atom. The van der Waals surface area contributed by atoms with Crippen LogP contribution in [0.4, 0.5) is 5.69 Å². The molecule has 0 radical (unpaired) electrons. The lowest BCUT2D eigenvalue weighted by Gasteiger charge is -2.29. The summed E-state index contributed by atoms with van der Waals surface area (Å²) < 4.78 is 0. The minimum atomic E-state index is -0.240. The number of nitriles is 1. The molecule has 0 aliphatic carbocycles. The largest absolute Gasteiger partial charge is 0.352 e. The molecule has 0 atom stereocenters. The second-order valence-electron chi connectivity index (χ2n) is 5.97. The van der Waals surface area contributed by atoms with Crippen LogP contribution in [0, 0.1) is 11.3 Å². The summed E-state index contributed by atoms with van der Waals surface area (Å²) in [5.41, 5.74) is 3.17. The van der Waals surface area contributed by atoms with Gasteiger partial charge >= 0.3 is 0 Å². The van der Waals surface area contributed by atoms with Crippen LogP contribution in [0.2, 0.25) is 0 Å². The molecule has 2 aromatic rings. The van der Waals surface area contributed by atoms with Gasteiger partial charge in [-0.1, -0.05) is 18.2 Å². The van der Waals surface area contributed by atoms with Crippen LogP contribution in [0.15, 0.2) is 48.5 Å². The number of carbonyl (C=O) groups excluding carboxylic acids is 2. The molecule has 1 heterocycles. The van der Waals surface area contributed by atoms with E-state index < -0.39 is 0 Å². The van der Waals surface area contributed by atoms with E-state index in [1.165, 1.54) is 5.56 Å². The number of aryl methyl sites for hydroxylation is 1. The first-order chi connectivity index (χ1) is 12.2. The molecule has 126 valence electrons. The molecule has 3 rings (SSSR count). The van der Waals surface area contributed by atoms with Crippen molar-refractivity contribution in [2.24, 2.45) is 0 Å². The molecular formula is C20H19N3O2. The van der Waals surface area contributed by atoms with Crippen molar-refractivity contribution in [1.82, 2.24) is 5.32 Å². The van der Waals surface area contributed by atoms with Crippen molar-refractivity contribution in [2.75, 3.05) is 18.0 Å².